The molecule has 26 heavy (non-hydrogen) atoms. The first kappa shape index (κ1) is 19.2. The molecule has 0 radical (unpaired) electrons. The van der Waals surface area contributed by atoms with Crippen LogP contribution in [0.5, 0.6) is 5.75 Å². The summed E-state index contributed by atoms with van der Waals surface area (Å²) in [6.45, 7) is 0.954. The lowest BCUT2D eigenvalue weighted by molar-refractivity contribution is 0.270. The van der Waals surface area contributed by atoms with E-state index >= 15 is 0 Å². The standard InChI is InChI=1S/C19H20F2N4O/c1-23-19(24-13-15-8-7-14(12-22)11-17(15)21)25(2)9-10-26-18-6-4-3-5-16(18)20/h3-8,11H,9-10,13H2,1-2H3,(H,23,24). The van der Waals surface area contributed by atoms with E-state index < -0.39 is 11.6 Å². The molecule has 0 aliphatic rings. The van der Waals surface area contributed by atoms with Crippen LogP contribution in [0.15, 0.2) is 47.5 Å². The van der Waals surface area contributed by atoms with Crippen LogP contribution < -0.4 is 10.1 Å². The summed E-state index contributed by atoms with van der Waals surface area (Å²) in [5.41, 5.74) is 0.708. The quantitative estimate of drug-likeness (QED) is 0.637. The van der Waals surface area contributed by atoms with Gasteiger partial charge in [0, 0.05) is 26.2 Å². The summed E-state index contributed by atoms with van der Waals surface area (Å²) in [5, 5.41) is 11.8. The molecule has 0 saturated heterocycles. The average molecular weight is 358 g/mol. The smallest absolute Gasteiger partial charge is 0.193 e. The Bertz CT molecular complexity index is 817. The minimum atomic E-state index is -0.447. The lowest BCUT2D eigenvalue weighted by Crippen LogP contribution is -2.40. The van der Waals surface area contributed by atoms with E-state index in [1.54, 1.807) is 49.3 Å². The molecule has 7 heteroatoms. The van der Waals surface area contributed by atoms with Crippen LogP contribution in [0.3, 0.4) is 0 Å². The van der Waals surface area contributed by atoms with E-state index in [-0.39, 0.29) is 24.5 Å². The number of benzene rings is 2. The molecule has 1 N–H and O–H groups in total. The highest BCUT2D eigenvalue weighted by molar-refractivity contribution is 5.79. The summed E-state index contributed by atoms with van der Waals surface area (Å²) in [6, 6.07) is 12.4. The molecule has 0 atom stereocenters. The molecular formula is C19H20F2N4O. The van der Waals surface area contributed by atoms with Crippen LogP contribution in [-0.2, 0) is 6.54 Å². The van der Waals surface area contributed by atoms with E-state index in [0.29, 0.717) is 18.1 Å². The minimum Gasteiger partial charge on any atom is -0.489 e. The Morgan fingerprint density at radius 3 is 2.65 bits per heavy atom. The molecule has 0 aromatic heterocycles. The van der Waals surface area contributed by atoms with Gasteiger partial charge in [0.2, 0.25) is 0 Å². The fourth-order valence-corrected chi connectivity index (χ4v) is 2.28. The molecule has 2 aromatic rings. The summed E-state index contributed by atoms with van der Waals surface area (Å²) in [7, 11) is 3.42. The zero-order chi connectivity index (χ0) is 18.9. The van der Waals surface area contributed by atoms with Crippen LogP contribution in [0.4, 0.5) is 8.78 Å². The molecule has 0 spiro atoms. The highest BCUT2D eigenvalue weighted by Gasteiger charge is 2.09. The Labute approximate surface area is 151 Å². The first-order chi connectivity index (χ1) is 12.5. The van der Waals surface area contributed by atoms with Gasteiger partial charge in [-0.15, -0.1) is 0 Å². The number of nitrogens with zero attached hydrogens (tertiary/aromatic N) is 3. The van der Waals surface area contributed by atoms with Crippen molar-refractivity contribution in [2.75, 3.05) is 27.2 Å². The topological polar surface area (TPSA) is 60.7 Å². The maximum absolute atomic E-state index is 13.9. The fourth-order valence-electron chi connectivity index (χ4n) is 2.28. The third kappa shape index (κ3) is 5.18. The number of rotatable bonds is 6. The fraction of sp³-hybridized carbons (Fsp3) is 0.263. The van der Waals surface area contributed by atoms with E-state index in [0.717, 1.165) is 0 Å². The molecule has 0 heterocycles. The number of halogens is 2. The predicted octanol–water partition coefficient (Wildman–Crippen LogP) is 2.92. The Kier molecular flexibility index (Phi) is 6.92. The molecule has 5 nitrogen and oxygen atoms in total. The largest absolute Gasteiger partial charge is 0.489 e. The average Bonchev–Trinajstić information content (AvgIpc) is 2.64. The maximum Gasteiger partial charge on any atom is 0.193 e. The molecule has 0 saturated carbocycles. The van der Waals surface area contributed by atoms with Crippen molar-refractivity contribution >= 4 is 5.96 Å². The van der Waals surface area contributed by atoms with Crippen LogP contribution in [0.2, 0.25) is 0 Å². The van der Waals surface area contributed by atoms with Gasteiger partial charge >= 0.3 is 0 Å². The number of aliphatic imine (C=N–C) groups is 1. The van der Waals surface area contributed by atoms with Crippen LogP contribution in [0.1, 0.15) is 11.1 Å². The number of hydrogen-bond donors (Lipinski definition) is 1. The molecule has 0 amide bonds. The molecule has 0 fully saturated rings. The number of nitrogens with one attached hydrogen (secondary N) is 1. The van der Waals surface area contributed by atoms with Gasteiger partial charge in [0.1, 0.15) is 12.4 Å². The first-order valence-corrected chi connectivity index (χ1v) is 8.02. The second kappa shape index (κ2) is 9.37. The molecule has 136 valence electrons. The van der Waals surface area contributed by atoms with Crippen molar-refractivity contribution in [3.05, 3.63) is 65.2 Å². The van der Waals surface area contributed by atoms with Gasteiger partial charge in [0.15, 0.2) is 17.5 Å². The Hall–Kier alpha value is -3.14. The molecular weight excluding hydrogens is 338 g/mol. The number of hydrogen-bond acceptors (Lipinski definition) is 3. The number of ether oxygens (including phenoxy) is 1. The summed E-state index contributed by atoms with van der Waals surface area (Å²) in [6.07, 6.45) is 0. The van der Waals surface area contributed by atoms with Gasteiger partial charge in [-0.25, -0.2) is 8.78 Å². The summed E-state index contributed by atoms with van der Waals surface area (Å²) in [5.74, 6) is -0.110. The van der Waals surface area contributed by atoms with Gasteiger partial charge in [-0.2, -0.15) is 5.26 Å². The van der Waals surface area contributed by atoms with Crippen molar-refractivity contribution in [2.24, 2.45) is 4.99 Å². The van der Waals surface area contributed by atoms with E-state index in [1.807, 2.05) is 6.07 Å². The van der Waals surface area contributed by atoms with E-state index in [9.17, 15) is 8.78 Å². The van der Waals surface area contributed by atoms with Crippen molar-refractivity contribution in [3.63, 3.8) is 0 Å². The predicted molar refractivity (Wildman–Crippen MR) is 95.8 cm³/mol. The van der Waals surface area contributed by atoms with Gasteiger partial charge < -0.3 is 15.0 Å². The maximum atomic E-state index is 13.9. The number of likely N-dealkylation sites (N-methyl/N-ethyl adjacent to an activating group) is 1. The van der Waals surface area contributed by atoms with Crippen molar-refractivity contribution in [2.45, 2.75) is 6.54 Å². The van der Waals surface area contributed by atoms with Crippen molar-refractivity contribution in [3.8, 4) is 11.8 Å². The van der Waals surface area contributed by atoms with Gasteiger partial charge in [-0.3, -0.25) is 4.99 Å². The molecule has 2 rings (SSSR count). The monoisotopic (exact) mass is 358 g/mol. The summed E-state index contributed by atoms with van der Waals surface area (Å²) < 4.78 is 32.8. The van der Waals surface area contributed by atoms with Crippen LogP contribution in [0.25, 0.3) is 0 Å². The van der Waals surface area contributed by atoms with Gasteiger partial charge in [0.05, 0.1) is 18.2 Å². The van der Waals surface area contributed by atoms with E-state index in [4.69, 9.17) is 10.00 Å². The molecule has 2 aromatic carbocycles. The summed E-state index contributed by atoms with van der Waals surface area (Å²) in [4.78, 5) is 5.93. The van der Waals surface area contributed by atoms with Crippen LogP contribution >= 0.6 is 0 Å². The third-order valence-corrected chi connectivity index (χ3v) is 3.71. The van der Waals surface area contributed by atoms with Gasteiger partial charge in [0.25, 0.3) is 0 Å². The van der Waals surface area contributed by atoms with Crippen molar-refractivity contribution in [1.82, 2.24) is 10.2 Å². The normalized spacial score (nSPS) is 11.0. The van der Waals surface area contributed by atoms with Crippen molar-refractivity contribution < 1.29 is 13.5 Å². The third-order valence-electron chi connectivity index (χ3n) is 3.71. The lowest BCUT2D eigenvalue weighted by atomic mass is 10.1. The minimum absolute atomic E-state index is 0.198. The Morgan fingerprint density at radius 2 is 2.00 bits per heavy atom. The highest BCUT2D eigenvalue weighted by atomic mass is 19.1. The molecule has 0 bridgehead atoms. The second-order valence-corrected chi connectivity index (χ2v) is 5.52. The van der Waals surface area contributed by atoms with Gasteiger partial charge in [-0.1, -0.05) is 18.2 Å². The lowest BCUT2D eigenvalue weighted by Gasteiger charge is -2.22. The molecule has 0 aliphatic carbocycles. The zero-order valence-electron chi connectivity index (χ0n) is 14.7. The van der Waals surface area contributed by atoms with Crippen molar-refractivity contribution in [1.29, 1.82) is 5.26 Å². The number of guanidine groups is 1. The molecule has 0 unspecified atom stereocenters. The Morgan fingerprint density at radius 1 is 1.23 bits per heavy atom. The van der Waals surface area contributed by atoms with E-state index in [2.05, 4.69) is 10.3 Å². The zero-order valence-corrected chi connectivity index (χ0v) is 14.7. The van der Waals surface area contributed by atoms with Crippen LogP contribution in [-0.4, -0.2) is 38.1 Å². The number of para-hydroxylation sites is 1. The Balaban J connectivity index is 1.86. The SMILES string of the molecule is CN=C(NCc1ccc(C#N)cc1F)N(C)CCOc1ccccc1F. The first-order valence-electron chi connectivity index (χ1n) is 8.02. The summed E-state index contributed by atoms with van der Waals surface area (Å²) >= 11 is 0. The second-order valence-electron chi connectivity index (χ2n) is 5.52. The highest BCUT2D eigenvalue weighted by Crippen LogP contribution is 2.15. The number of nitriles is 1. The van der Waals surface area contributed by atoms with Gasteiger partial charge in [-0.05, 0) is 24.3 Å². The molecule has 0 aliphatic heterocycles. The van der Waals surface area contributed by atoms with E-state index in [1.165, 1.54) is 12.1 Å². The van der Waals surface area contributed by atoms with Crippen LogP contribution in [0, 0.1) is 23.0 Å².